The van der Waals surface area contributed by atoms with Gasteiger partial charge in [-0.25, -0.2) is 4.79 Å². The number of halogens is 1. The summed E-state index contributed by atoms with van der Waals surface area (Å²) in [4.78, 5) is 24.8. The Kier molecular flexibility index (Phi) is 5.80. The first-order valence-electron chi connectivity index (χ1n) is 8.53. The summed E-state index contributed by atoms with van der Waals surface area (Å²) in [6, 6.07) is 16.3. The highest BCUT2D eigenvalue weighted by Gasteiger charge is 2.18. The van der Waals surface area contributed by atoms with Crippen LogP contribution in [0.1, 0.15) is 27.2 Å². The molecule has 3 aromatic rings. The first-order valence-corrected chi connectivity index (χ1v) is 9.32. The largest absolute Gasteiger partial charge is 0.507 e. The van der Waals surface area contributed by atoms with Gasteiger partial charge in [0.2, 0.25) is 0 Å². The number of ketones is 1. The van der Waals surface area contributed by atoms with E-state index in [2.05, 4.69) is 21.2 Å². The lowest BCUT2D eigenvalue weighted by atomic mass is 10.1. The summed E-state index contributed by atoms with van der Waals surface area (Å²) in [7, 11) is 0. The van der Waals surface area contributed by atoms with Crippen LogP contribution in [-0.4, -0.2) is 10.9 Å². The number of hydrogen-bond acceptors (Lipinski definition) is 5. The first kappa shape index (κ1) is 19.6. The van der Waals surface area contributed by atoms with E-state index in [1.807, 2.05) is 55.5 Å². The minimum atomic E-state index is -0.871. The van der Waals surface area contributed by atoms with Crippen LogP contribution in [0.5, 0.6) is 5.75 Å². The lowest BCUT2D eigenvalue weighted by Crippen LogP contribution is -2.14. The van der Waals surface area contributed by atoms with E-state index in [1.54, 1.807) is 0 Å². The molecule has 0 bridgehead atoms. The smallest absolute Gasteiger partial charge is 0.351 e. The molecule has 0 radical (unpaired) electrons. The second-order valence-corrected chi connectivity index (χ2v) is 7.24. The lowest BCUT2D eigenvalue weighted by Gasteiger charge is -2.12. The van der Waals surface area contributed by atoms with Gasteiger partial charge in [-0.1, -0.05) is 45.8 Å². The second kappa shape index (κ2) is 8.27. The van der Waals surface area contributed by atoms with Crippen LogP contribution in [0.4, 0.5) is 5.69 Å². The molecule has 28 heavy (non-hydrogen) atoms. The van der Waals surface area contributed by atoms with Crippen molar-refractivity contribution < 1.29 is 14.3 Å². The quantitative estimate of drug-likeness (QED) is 0.428. The van der Waals surface area contributed by atoms with Crippen molar-refractivity contribution in [2.45, 2.75) is 13.8 Å². The number of rotatable bonds is 5. The van der Waals surface area contributed by atoms with Gasteiger partial charge in [0, 0.05) is 28.0 Å². The molecule has 2 aromatic carbocycles. The Balaban J connectivity index is 2.05. The average Bonchev–Trinajstić information content (AvgIpc) is 2.63. The molecule has 0 aliphatic rings. The van der Waals surface area contributed by atoms with Crippen molar-refractivity contribution in [2.24, 2.45) is 0 Å². The maximum atomic E-state index is 12.7. The van der Waals surface area contributed by atoms with Crippen LogP contribution in [0.3, 0.4) is 0 Å². The van der Waals surface area contributed by atoms with Gasteiger partial charge in [0.15, 0.2) is 5.78 Å². The number of hydrogen-bond donors (Lipinski definition) is 2. The highest BCUT2D eigenvalue weighted by atomic mass is 79.9. The van der Waals surface area contributed by atoms with Crippen LogP contribution >= 0.6 is 15.9 Å². The van der Waals surface area contributed by atoms with E-state index in [0.29, 0.717) is 5.70 Å². The fraction of sp³-hybridized carbons (Fsp3) is 0.0909. The van der Waals surface area contributed by atoms with E-state index in [-0.39, 0.29) is 5.76 Å². The van der Waals surface area contributed by atoms with Gasteiger partial charge in [-0.05, 0) is 43.7 Å². The average molecular weight is 440 g/mol. The summed E-state index contributed by atoms with van der Waals surface area (Å²) in [6.07, 6.45) is 1.28. The van der Waals surface area contributed by atoms with Crippen molar-refractivity contribution in [1.29, 1.82) is 0 Å². The number of carbonyl (C=O) groups is 1. The minimum absolute atomic E-state index is 0.231. The number of carbonyl (C=O) groups excluding carboxylic acids is 1. The van der Waals surface area contributed by atoms with Crippen LogP contribution in [-0.2, 0) is 0 Å². The van der Waals surface area contributed by atoms with Gasteiger partial charge in [-0.2, -0.15) is 0 Å². The first-order chi connectivity index (χ1) is 13.3. The maximum Gasteiger partial charge on any atom is 0.351 e. The third-order valence-corrected chi connectivity index (χ3v) is 4.59. The van der Waals surface area contributed by atoms with Gasteiger partial charge in [-0.3, -0.25) is 4.79 Å². The number of allylic oxidation sites excluding steroid dienone is 1. The van der Waals surface area contributed by atoms with Crippen molar-refractivity contribution in [1.82, 2.24) is 0 Å². The number of benzene rings is 2. The second-order valence-electron chi connectivity index (χ2n) is 6.32. The SMILES string of the molecule is Cc1ccc(N/C(=C\C(=O)c2c(O)cc(C)oc2=O)c2ccc(Br)cc2)cc1. The molecule has 142 valence electrons. The van der Waals surface area contributed by atoms with Crippen LogP contribution in [0.2, 0.25) is 0 Å². The van der Waals surface area contributed by atoms with Crippen molar-refractivity contribution in [3.63, 3.8) is 0 Å². The molecule has 0 amide bonds. The monoisotopic (exact) mass is 439 g/mol. The molecule has 0 unspecified atom stereocenters. The third-order valence-electron chi connectivity index (χ3n) is 4.06. The highest BCUT2D eigenvalue weighted by Crippen LogP contribution is 2.23. The molecular formula is C22H18BrNO4. The van der Waals surface area contributed by atoms with E-state index < -0.39 is 22.7 Å². The zero-order chi connectivity index (χ0) is 20.3. The van der Waals surface area contributed by atoms with Crippen LogP contribution in [0, 0.1) is 13.8 Å². The van der Waals surface area contributed by atoms with Gasteiger partial charge in [-0.15, -0.1) is 0 Å². The fourth-order valence-corrected chi connectivity index (χ4v) is 2.90. The molecule has 1 aromatic heterocycles. The molecule has 0 fully saturated rings. The lowest BCUT2D eigenvalue weighted by molar-refractivity contribution is 0.104. The van der Waals surface area contributed by atoms with Gasteiger partial charge < -0.3 is 14.8 Å². The van der Waals surface area contributed by atoms with E-state index in [1.165, 1.54) is 19.1 Å². The van der Waals surface area contributed by atoms with Gasteiger partial charge >= 0.3 is 5.63 Å². The Morgan fingerprint density at radius 3 is 2.32 bits per heavy atom. The summed E-state index contributed by atoms with van der Waals surface area (Å²) in [6.45, 7) is 3.51. The normalized spacial score (nSPS) is 11.3. The fourth-order valence-electron chi connectivity index (χ4n) is 2.64. The summed E-state index contributed by atoms with van der Waals surface area (Å²) < 4.78 is 5.85. The van der Waals surface area contributed by atoms with E-state index in [0.717, 1.165) is 21.3 Å². The molecule has 0 saturated carbocycles. The molecule has 2 N–H and O–H groups in total. The Labute approximate surface area is 170 Å². The summed E-state index contributed by atoms with van der Waals surface area (Å²) in [5.41, 5.74) is 1.86. The summed E-state index contributed by atoms with van der Waals surface area (Å²) in [5, 5.41) is 13.2. The topological polar surface area (TPSA) is 79.5 Å². The minimum Gasteiger partial charge on any atom is -0.507 e. The number of aryl methyl sites for hydroxylation is 2. The van der Waals surface area contributed by atoms with Crippen LogP contribution in [0.15, 0.2) is 74.4 Å². The number of anilines is 1. The van der Waals surface area contributed by atoms with E-state index in [9.17, 15) is 14.7 Å². The predicted molar refractivity (Wildman–Crippen MR) is 113 cm³/mol. The van der Waals surface area contributed by atoms with Crippen molar-refractivity contribution in [3.05, 3.63) is 98.0 Å². The highest BCUT2D eigenvalue weighted by molar-refractivity contribution is 9.10. The maximum absolute atomic E-state index is 12.7. The molecule has 0 saturated heterocycles. The number of aromatic hydroxyl groups is 1. The Bertz CT molecular complexity index is 1100. The molecule has 1 heterocycles. The molecule has 0 aliphatic heterocycles. The molecule has 0 aliphatic carbocycles. The zero-order valence-electron chi connectivity index (χ0n) is 15.3. The van der Waals surface area contributed by atoms with Gasteiger partial charge in [0.05, 0.1) is 0 Å². The Hall–Kier alpha value is -3.12. The Morgan fingerprint density at radius 2 is 1.71 bits per heavy atom. The van der Waals surface area contributed by atoms with Crippen molar-refractivity contribution >= 4 is 33.1 Å². The molecule has 5 nitrogen and oxygen atoms in total. The van der Waals surface area contributed by atoms with Crippen molar-refractivity contribution in [3.8, 4) is 5.75 Å². The predicted octanol–water partition coefficient (Wildman–Crippen LogP) is 5.06. The van der Waals surface area contributed by atoms with Crippen molar-refractivity contribution in [2.75, 3.05) is 5.32 Å². The zero-order valence-corrected chi connectivity index (χ0v) is 16.9. The third kappa shape index (κ3) is 4.58. The van der Waals surface area contributed by atoms with Crippen LogP contribution < -0.4 is 10.9 Å². The number of nitrogens with one attached hydrogen (secondary N) is 1. The molecule has 6 heteroatoms. The molecular weight excluding hydrogens is 422 g/mol. The van der Waals surface area contributed by atoms with Crippen LogP contribution in [0.25, 0.3) is 5.70 Å². The molecule has 3 rings (SSSR count). The van der Waals surface area contributed by atoms with E-state index in [4.69, 9.17) is 4.42 Å². The van der Waals surface area contributed by atoms with E-state index >= 15 is 0 Å². The van der Waals surface area contributed by atoms with Gasteiger partial charge in [0.25, 0.3) is 0 Å². The summed E-state index contributed by atoms with van der Waals surface area (Å²) >= 11 is 3.39. The summed E-state index contributed by atoms with van der Waals surface area (Å²) in [5.74, 6) is -0.821. The van der Waals surface area contributed by atoms with Gasteiger partial charge in [0.1, 0.15) is 17.1 Å². The Morgan fingerprint density at radius 1 is 1.07 bits per heavy atom. The standard InChI is InChI=1S/C22H18BrNO4/c1-13-3-9-17(10-4-13)24-18(15-5-7-16(23)8-6-15)12-20(26)21-19(25)11-14(2)28-22(21)27/h3-12,24-25H,1-2H3/b18-12-. The molecule has 0 atom stereocenters. The molecule has 0 spiro atoms.